The summed E-state index contributed by atoms with van der Waals surface area (Å²) in [6, 6.07) is 1.84. The molecule has 0 aliphatic carbocycles. The number of nitrogens with one attached hydrogen (secondary N) is 1. The van der Waals surface area contributed by atoms with Crippen LogP contribution in [0.4, 0.5) is 5.82 Å². The normalized spacial score (nSPS) is 10.1. The van der Waals surface area contributed by atoms with E-state index in [4.69, 9.17) is 15.6 Å². The van der Waals surface area contributed by atoms with Crippen LogP contribution in [0.15, 0.2) is 41.0 Å². The minimum absolute atomic E-state index is 0.0473. The van der Waals surface area contributed by atoms with Crippen LogP contribution in [0.25, 0.3) is 10.6 Å². The second-order valence-electron chi connectivity index (χ2n) is 3.31. The highest BCUT2D eigenvalue weighted by Gasteiger charge is 2.13. The smallest absolute Gasteiger partial charge is 0.194 e. The van der Waals surface area contributed by atoms with E-state index < -0.39 is 0 Å². The van der Waals surface area contributed by atoms with Crippen molar-refractivity contribution in [1.82, 2.24) is 4.98 Å². The van der Waals surface area contributed by atoms with Crippen LogP contribution < -0.4 is 10.6 Å². The Labute approximate surface area is 103 Å². The first kappa shape index (κ1) is 11.4. The van der Waals surface area contributed by atoms with E-state index in [0.29, 0.717) is 12.4 Å². The van der Waals surface area contributed by atoms with E-state index in [0.717, 1.165) is 10.6 Å². The fourth-order valence-corrected chi connectivity index (χ4v) is 2.15. The third-order valence-corrected chi connectivity index (χ3v) is 3.02. The zero-order chi connectivity index (χ0) is 12.3. The van der Waals surface area contributed by atoms with E-state index in [-0.39, 0.29) is 5.96 Å². The Morgan fingerprint density at radius 3 is 3.12 bits per heavy atom. The van der Waals surface area contributed by atoms with Gasteiger partial charge < -0.3 is 10.2 Å². The lowest BCUT2D eigenvalue weighted by Crippen LogP contribution is -2.36. The van der Waals surface area contributed by atoms with Gasteiger partial charge in [0, 0.05) is 17.5 Å². The van der Waals surface area contributed by atoms with Crippen molar-refractivity contribution in [1.29, 1.82) is 5.41 Å². The lowest BCUT2D eigenvalue weighted by molar-refractivity contribution is 0.568. The van der Waals surface area contributed by atoms with Gasteiger partial charge in [-0.25, -0.2) is 4.98 Å². The van der Waals surface area contributed by atoms with Gasteiger partial charge >= 0.3 is 0 Å². The average molecular weight is 248 g/mol. The number of guanidine groups is 1. The van der Waals surface area contributed by atoms with E-state index in [2.05, 4.69) is 11.6 Å². The van der Waals surface area contributed by atoms with Gasteiger partial charge in [0.2, 0.25) is 0 Å². The van der Waals surface area contributed by atoms with Crippen molar-refractivity contribution in [3.63, 3.8) is 0 Å². The maximum Gasteiger partial charge on any atom is 0.194 e. The molecule has 0 amide bonds. The van der Waals surface area contributed by atoms with Gasteiger partial charge in [-0.3, -0.25) is 10.3 Å². The molecule has 0 saturated heterocycles. The molecule has 0 radical (unpaired) electrons. The zero-order valence-electron chi connectivity index (χ0n) is 9.09. The molecule has 2 heterocycles. The largest absolute Gasteiger partial charge is 0.472 e. The van der Waals surface area contributed by atoms with Crippen LogP contribution in [0.1, 0.15) is 0 Å². The SMILES string of the molecule is C=CCN(C(=N)N)c1csc(-c2ccoc2)n1. The third-order valence-electron chi connectivity index (χ3n) is 2.14. The van der Waals surface area contributed by atoms with E-state index in [9.17, 15) is 0 Å². The highest BCUT2D eigenvalue weighted by atomic mass is 32.1. The molecule has 2 aromatic heterocycles. The Bertz CT molecular complexity index is 517. The summed E-state index contributed by atoms with van der Waals surface area (Å²) in [5, 5.41) is 10.2. The number of nitrogens with zero attached hydrogens (tertiary/aromatic N) is 2. The van der Waals surface area contributed by atoms with Gasteiger partial charge in [0.25, 0.3) is 0 Å². The predicted molar refractivity (Wildman–Crippen MR) is 69.3 cm³/mol. The fraction of sp³-hybridized carbons (Fsp3) is 0.0909. The average Bonchev–Trinajstić information content (AvgIpc) is 2.95. The zero-order valence-corrected chi connectivity index (χ0v) is 9.91. The Balaban J connectivity index is 2.28. The Hall–Kier alpha value is -2.08. The van der Waals surface area contributed by atoms with Gasteiger partial charge in [0.05, 0.1) is 6.26 Å². The Morgan fingerprint density at radius 1 is 1.71 bits per heavy atom. The monoisotopic (exact) mass is 248 g/mol. The summed E-state index contributed by atoms with van der Waals surface area (Å²) in [5.74, 6) is 0.604. The second-order valence-corrected chi connectivity index (χ2v) is 4.17. The van der Waals surface area contributed by atoms with Crippen LogP contribution in [0.3, 0.4) is 0 Å². The molecule has 0 aromatic carbocycles. The van der Waals surface area contributed by atoms with Crippen LogP contribution in [-0.4, -0.2) is 17.5 Å². The van der Waals surface area contributed by atoms with Crippen LogP contribution in [0.2, 0.25) is 0 Å². The number of aromatic nitrogens is 1. The molecule has 88 valence electrons. The molecule has 0 spiro atoms. The molecule has 17 heavy (non-hydrogen) atoms. The maximum absolute atomic E-state index is 7.48. The minimum atomic E-state index is -0.0473. The van der Waals surface area contributed by atoms with E-state index >= 15 is 0 Å². The fourth-order valence-electron chi connectivity index (χ4n) is 1.35. The minimum Gasteiger partial charge on any atom is -0.472 e. The summed E-state index contributed by atoms with van der Waals surface area (Å²) in [6.45, 7) is 4.09. The van der Waals surface area contributed by atoms with Crippen molar-refractivity contribution in [3.8, 4) is 10.6 Å². The molecule has 5 nitrogen and oxygen atoms in total. The topological polar surface area (TPSA) is 79.1 Å². The Kier molecular flexibility index (Phi) is 3.24. The number of rotatable bonds is 4. The number of anilines is 1. The molecule has 2 rings (SSSR count). The van der Waals surface area contributed by atoms with Gasteiger partial charge in [-0.1, -0.05) is 6.08 Å². The number of thiazole rings is 1. The van der Waals surface area contributed by atoms with Crippen molar-refractivity contribution in [2.75, 3.05) is 11.4 Å². The molecule has 6 heteroatoms. The molecular formula is C11H12N4OS. The van der Waals surface area contributed by atoms with Crippen LogP contribution in [0, 0.1) is 5.41 Å². The lowest BCUT2D eigenvalue weighted by Gasteiger charge is -2.17. The molecule has 0 atom stereocenters. The lowest BCUT2D eigenvalue weighted by atomic mass is 10.4. The molecule has 0 aliphatic rings. The second kappa shape index (κ2) is 4.84. The molecular weight excluding hydrogens is 236 g/mol. The predicted octanol–water partition coefficient (Wildman–Crippen LogP) is 2.29. The summed E-state index contributed by atoms with van der Waals surface area (Å²) in [5.41, 5.74) is 6.41. The van der Waals surface area contributed by atoms with Crippen molar-refractivity contribution in [2.24, 2.45) is 5.73 Å². The molecule has 2 aromatic rings. The van der Waals surface area contributed by atoms with Crippen LogP contribution >= 0.6 is 11.3 Å². The van der Waals surface area contributed by atoms with Crippen LogP contribution in [-0.2, 0) is 0 Å². The summed E-state index contributed by atoms with van der Waals surface area (Å²) >= 11 is 1.48. The number of furan rings is 1. The summed E-state index contributed by atoms with van der Waals surface area (Å²) in [4.78, 5) is 5.99. The van der Waals surface area contributed by atoms with E-state index in [1.54, 1.807) is 23.5 Å². The van der Waals surface area contributed by atoms with Crippen molar-refractivity contribution in [3.05, 3.63) is 36.6 Å². The highest BCUT2D eigenvalue weighted by molar-refractivity contribution is 7.13. The molecule has 0 fully saturated rings. The first-order chi connectivity index (χ1) is 8.22. The van der Waals surface area contributed by atoms with Crippen LogP contribution in [0.5, 0.6) is 0 Å². The van der Waals surface area contributed by atoms with Gasteiger partial charge in [-0.2, -0.15) is 0 Å². The molecule has 0 saturated carbocycles. The first-order valence-corrected chi connectivity index (χ1v) is 5.81. The first-order valence-electron chi connectivity index (χ1n) is 4.93. The molecule has 3 N–H and O–H groups in total. The third kappa shape index (κ3) is 2.36. The highest BCUT2D eigenvalue weighted by Crippen LogP contribution is 2.27. The summed E-state index contributed by atoms with van der Waals surface area (Å²) < 4.78 is 5.00. The summed E-state index contributed by atoms with van der Waals surface area (Å²) in [6.07, 6.45) is 4.91. The number of hydrogen-bond acceptors (Lipinski definition) is 4. The van der Waals surface area contributed by atoms with E-state index in [1.807, 2.05) is 11.4 Å². The maximum atomic E-state index is 7.48. The van der Waals surface area contributed by atoms with Gasteiger partial charge in [0.1, 0.15) is 17.1 Å². The quantitative estimate of drug-likeness (QED) is 0.494. The van der Waals surface area contributed by atoms with Crippen molar-refractivity contribution >= 4 is 23.1 Å². The van der Waals surface area contributed by atoms with Gasteiger partial charge in [-0.15, -0.1) is 17.9 Å². The number of nitrogens with two attached hydrogens (primary N) is 1. The summed E-state index contributed by atoms with van der Waals surface area (Å²) in [7, 11) is 0. The Morgan fingerprint density at radius 2 is 2.53 bits per heavy atom. The molecule has 0 bridgehead atoms. The molecule has 0 unspecified atom stereocenters. The van der Waals surface area contributed by atoms with Gasteiger partial charge in [-0.05, 0) is 6.07 Å². The van der Waals surface area contributed by atoms with Crippen molar-refractivity contribution < 1.29 is 4.42 Å². The van der Waals surface area contributed by atoms with E-state index in [1.165, 1.54) is 11.3 Å². The standard InChI is InChI=1S/C11H12N4OS/c1-2-4-15(11(12)13)9-7-17-10(14-9)8-3-5-16-6-8/h2-3,5-7H,1,4H2,(H3,12,13). The molecule has 0 aliphatic heterocycles. The number of hydrogen-bond donors (Lipinski definition) is 2. The van der Waals surface area contributed by atoms with Gasteiger partial charge in [0.15, 0.2) is 5.96 Å². The van der Waals surface area contributed by atoms with Crippen molar-refractivity contribution in [2.45, 2.75) is 0 Å².